The zero-order valence-electron chi connectivity index (χ0n) is 16.9. The van der Waals surface area contributed by atoms with Gasteiger partial charge in [0.15, 0.2) is 0 Å². The third kappa shape index (κ3) is 4.16. The lowest BCUT2D eigenvalue weighted by molar-refractivity contribution is -0.137. The van der Waals surface area contributed by atoms with Crippen molar-refractivity contribution in [2.45, 2.75) is 33.0 Å². The Hall–Kier alpha value is -3.62. The molecule has 0 bridgehead atoms. The van der Waals surface area contributed by atoms with Crippen LogP contribution in [-0.4, -0.2) is 25.1 Å². The molecule has 0 aliphatic rings. The normalized spacial score (nSPS) is 11.8. The first-order valence-electron chi connectivity index (χ1n) is 9.74. The second-order valence-electron chi connectivity index (χ2n) is 7.17. The van der Waals surface area contributed by atoms with E-state index >= 15 is 0 Å². The molecule has 4 aromatic rings. The summed E-state index contributed by atoms with van der Waals surface area (Å²) < 4.78 is 41.4. The van der Waals surface area contributed by atoms with Gasteiger partial charge in [0, 0.05) is 12.4 Å². The maximum absolute atomic E-state index is 12.9. The number of benzene rings is 1. The van der Waals surface area contributed by atoms with Gasteiger partial charge in [-0.05, 0) is 55.3 Å². The summed E-state index contributed by atoms with van der Waals surface area (Å²) in [4.78, 5) is 17.4. The Labute approximate surface area is 176 Å². The molecular weight excluding hydrogens is 407 g/mol. The highest BCUT2D eigenvalue weighted by molar-refractivity contribution is 5.94. The molecule has 1 N–H and O–H groups in total. The molecule has 0 fully saturated rings. The summed E-state index contributed by atoms with van der Waals surface area (Å²) >= 11 is 0. The minimum Gasteiger partial charge on any atom is -0.345 e. The average molecular weight is 427 g/mol. The Balaban J connectivity index is 1.50. The summed E-state index contributed by atoms with van der Waals surface area (Å²) in [5.74, 6) is -0.265. The van der Waals surface area contributed by atoms with Gasteiger partial charge in [-0.15, -0.1) is 0 Å². The number of aromatic nitrogens is 4. The minimum absolute atomic E-state index is 0.175. The van der Waals surface area contributed by atoms with Gasteiger partial charge in [-0.3, -0.25) is 9.20 Å². The van der Waals surface area contributed by atoms with Gasteiger partial charge in [0.05, 0.1) is 29.2 Å². The zero-order chi connectivity index (χ0) is 22.2. The monoisotopic (exact) mass is 427 g/mol. The molecule has 0 spiro atoms. The van der Waals surface area contributed by atoms with Crippen molar-refractivity contribution in [3.05, 3.63) is 83.1 Å². The Morgan fingerprint density at radius 3 is 2.52 bits per heavy atom. The SMILES string of the molecule is CCc1nc2ccc(C)cn2c1C(=O)NCc1ccn(-c2ccc(C(F)(F)F)cc2)n1. The maximum Gasteiger partial charge on any atom is 0.416 e. The minimum atomic E-state index is -4.38. The lowest BCUT2D eigenvalue weighted by atomic mass is 10.2. The number of fused-ring (bicyclic) bond motifs is 1. The first kappa shape index (κ1) is 20.6. The van der Waals surface area contributed by atoms with Crippen molar-refractivity contribution in [1.29, 1.82) is 0 Å². The molecule has 0 saturated carbocycles. The maximum atomic E-state index is 12.9. The van der Waals surface area contributed by atoms with Crippen LogP contribution in [0.5, 0.6) is 0 Å². The van der Waals surface area contributed by atoms with E-state index in [1.165, 1.54) is 16.8 Å². The Morgan fingerprint density at radius 2 is 1.84 bits per heavy atom. The van der Waals surface area contributed by atoms with Crippen LogP contribution in [0.1, 0.15) is 39.9 Å². The number of aryl methyl sites for hydroxylation is 2. The van der Waals surface area contributed by atoms with Crippen molar-refractivity contribution < 1.29 is 18.0 Å². The molecule has 0 atom stereocenters. The number of nitrogens with zero attached hydrogens (tertiary/aromatic N) is 4. The molecule has 1 amide bonds. The fourth-order valence-corrected chi connectivity index (χ4v) is 3.34. The number of carbonyl (C=O) groups is 1. The first-order chi connectivity index (χ1) is 14.8. The van der Waals surface area contributed by atoms with Crippen LogP contribution in [0.15, 0.2) is 54.9 Å². The van der Waals surface area contributed by atoms with E-state index in [1.807, 2.05) is 32.2 Å². The molecule has 160 valence electrons. The van der Waals surface area contributed by atoms with Crippen LogP contribution in [-0.2, 0) is 19.1 Å². The average Bonchev–Trinajstić information content (AvgIpc) is 3.35. The smallest absolute Gasteiger partial charge is 0.345 e. The van der Waals surface area contributed by atoms with E-state index in [4.69, 9.17) is 0 Å². The number of amides is 1. The first-order valence-corrected chi connectivity index (χ1v) is 9.74. The van der Waals surface area contributed by atoms with Crippen LogP contribution in [0.25, 0.3) is 11.3 Å². The molecule has 0 aliphatic carbocycles. The summed E-state index contributed by atoms with van der Waals surface area (Å²) in [5, 5.41) is 7.20. The molecule has 0 aliphatic heterocycles. The third-order valence-electron chi connectivity index (χ3n) is 4.92. The lowest BCUT2D eigenvalue weighted by Gasteiger charge is -2.08. The molecule has 31 heavy (non-hydrogen) atoms. The van der Waals surface area contributed by atoms with Crippen molar-refractivity contribution in [1.82, 2.24) is 24.5 Å². The lowest BCUT2D eigenvalue weighted by Crippen LogP contribution is -2.25. The second-order valence-corrected chi connectivity index (χ2v) is 7.17. The zero-order valence-corrected chi connectivity index (χ0v) is 16.9. The van der Waals surface area contributed by atoms with Crippen molar-refractivity contribution in [2.24, 2.45) is 0 Å². The van der Waals surface area contributed by atoms with Crippen molar-refractivity contribution in [3.63, 3.8) is 0 Å². The van der Waals surface area contributed by atoms with E-state index in [9.17, 15) is 18.0 Å². The molecule has 1 aromatic carbocycles. The van der Waals surface area contributed by atoms with Crippen LogP contribution < -0.4 is 5.32 Å². The van der Waals surface area contributed by atoms with Crippen LogP contribution in [0, 0.1) is 6.92 Å². The van der Waals surface area contributed by atoms with Gasteiger partial charge in [-0.1, -0.05) is 13.0 Å². The van der Waals surface area contributed by atoms with E-state index in [1.54, 1.807) is 16.7 Å². The molecule has 3 heterocycles. The molecule has 3 aromatic heterocycles. The molecule has 9 heteroatoms. The second kappa shape index (κ2) is 7.90. The number of nitrogens with one attached hydrogen (secondary N) is 1. The van der Waals surface area contributed by atoms with Gasteiger partial charge in [0.2, 0.25) is 0 Å². The highest BCUT2D eigenvalue weighted by Gasteiger charge is 2.30. The number of alkyl halides is 3. The number of hydrogen-bond acceptors (Lipinski definition) is 3. The molecule has 4 rings (SSSR count). The fourth-order valence-electron chi connectivity index (χ4n) is 3.34. The van der Waals surface area contributed by atoms with Gasteiger partial charge in [-0.2, -0.15) is 18.3 Å². The fraction of sp³-hybridized carbons (Fsp3) is 0.227. The van der Waals surface area contributed by atoms with Crippen LogP contribution in [0.3, 0.4) is 0 Å². The predicted octanol–water partition coefficient (Wildman–Crippen LogP) is 4.34. The Morgan fingerprint density at radius 1 is 1.10 bits per heavy atom. The Bertz CT molecular complexity index is 1240. The molecule has 6 nitrogen and oxygen atoms in total. The standard InChI is InChI=1S/C22H20F3N5O/c1-3-18-20(29-13-14(2)4-9-19(29)27-18)21(31)26-12-16-10-11-30(28-16)17-7-5-15(6-8-17)22(23,24)25/h4-11,13H,3,12H2,1-2H3,(H,26,31). The van der Waals surface area contributed by atoms with Gasteiger partial charge in [0.25, 0.3) is 5.91 Å². The number of carbonyl (C=O) groups excluding carboxylic acids is 1. The summed E-state index contributed by atoms with van der Waals surface area (Å²) in [5.41, 5.74) is 3.27. The van der Waals surface area contributed by atoms with E-state index < -0.39 is 11.7 Å². The van der Waals surface area contributed by atoms with E-state index in [2.05, 4.69) is 15.4 Å². The molecule has 0 radical (unpaired) electrons. The predicted molar refractivity (Wildman–Crippen MR) is 109 cm³/mol. The number of imidazole rings is 1. The third-order valence-corrected chi connectivity index (χ3v) is 4.92. The molecular formula is C22H20F3N5O. The topological polar surface area (TPSA) is 64.2 Å². The number of hydrogen-bond donors (Lipinski definition) is 1. The van der Waals surface area contributed by atoms with Crippen LogP contribution in [0.2, 0.25) is 0 Å². The summed E-state index contributed by atoms with van der Waals surface area (Å²) in [6.07, 6.45) is -0.257. The highest BCUT2D eigenvalue weighted by Crippen LogP contribution is 2.29. The number of pyridine rings is 1. The molecule has 0 unspecified atom stereocenters. The van der Waals surface area contributed by atoms with Crippen molar-refractivity contribution in [2.75, 3.05) is 0 Å². The van der Waals surface area contributed by atoms with Gasteiger partial charge >= 0.3 is 6.18 Å². The number of rotatable bonds is 5. The largest absolute Gasteiger partial charge is 0.416 e. The van der Waals surface area contributed by atoms with E-state index in [0.717, 1.165) is 17.7 Å². The summed E-state index contributed by atoms with van der Waals surface area (Å²) in [6.45, 7) is 4.06. The van der Waals surface area contributed by atoms with Crippen LogP contribution in [0.4, 0.5) is 13.2 Å². The summed E-state index contributed by atoms with van der Waals surface area (Å²) in [6, 6.07) is 10.2. The van der Waals surface area contributed by atoms with E-state index in [0.29, 0.717) is 34.8 Å². The van der Waals surface area contributed by atoms with Crippen molar-refractivity contribution in [3.8, 4) is 5.69 Å². The highest BCUT2D eigenvalue weighted by atomic mass is 19.4. The summed E-state index contributed by atoms with van der Waals surface area (Å²) in [7, 11) is 0. The van der Waals surface area contributed by atoms with Crippen LogP contribution >= 0.6 is 0 Å². The quantitative estimate of drug-likeness (QED) is 0.515. The van der Waals surface area contributed by atoms with E-state index in [-0.39, 0.29) is 12.5 Å². The Kier molecular flexibility index (Phi) is 5.26. The number of halogens is 3. The van der Waals surface area contributed by atoms with Gasteiger partial charge in [-0.25, -0.2) is 9.67 Å². The van der Waals surface area contributed by atoms with Crippen molar-refractivity contribution >= 4 is 11.6 Å². The van der Waals surface area contributed by atoms with Gasteiger partial charge < -0.3 is 5.32 Å². The van der Waals surface area contributed by atoms with Gasteiger partial charge in [0.1, 0.15) is 11.3 Å². The molecule has 0 saturated heterocycles.